The highest BCUT2D eigenvalue weighted by Crippen LogP contribution is 2.37. The molecule has 5 nitrogen and oxygen atoms in total. The number of carbonyl (C=O) groups excluding carboxylic acids is 1. The molecule has 1 amide bonds. The first-order chi connectivity index (χ1) is 11.7. The van der Waals surface area contributed by atoms with E-state index in [0.717, 1.165) is 49.3 Å². The Morgan fingerprint density at radius 1 is 1.21 bits per heavy atom. The molecule has 0 aliphatic carbocycles. The van der Waals surface area contributed by atoms with Gasteiger partial charge in [0, 0.05) is 45.9 Å². The summed E-state index contributed by atoms with van der Waals surface area (Å²) in [5.41, 5.74) is 2.57. The molecule has 5 rings (SSSR count). The van der Waals surface area contributed by atoms with Gasteiger partial charge in [-0.1, -0.05) is 30.3 Å². The molecule has 2 bridgehead atoms. The predicted octanol–water partition coefficient (Wildman–Crippen LogP) is 3.62. The number of anilines is 1. The van der Waals surface area contributed by atoms with Crippen molar-refractivity contribution < 1.29 is 9.53 Å². The van der Waals surface area contributed by atoms with Gasteiger partial charge < -0.3 is 9.64 Å². The lowest BCUT2D eigenvalue weighted by molar-refractivity contribution is -0.0760. The first-order valence-electron chi connectivity index (χ1n) is 8.35. The molecule has 24 heavy (non-hydrogen) atoms. The van der Waals surface area contributed by atoms with Crippen molar-refractivity contribution in [3.05, 3.63) is 35.8 Å². The number of ether oxygens (including phenoxy) is 1. The maximum atomic E-state index is 12.7. The third-order valence-electron chi connectivity index (χ3n) is 5.13. The van der Waals surface area contributed by atoms with E-state index in [1.165, 1.54) is 11.3 Å². The molecule has 0 atom stereocenters. The Labute approximate surface area is 145 Å². The fraction of sp³-hybridized carbons (Fsp3) is 0.444. The SMILES string of the molecule is CN(C(=O)OC12CCN(CC1)CC2)c1ncsc1-c1ccccc1. The maximum absolute atomic E-state index is 12.7. The van der Waals surface area contributed by atoms with E-state index in [-0.39, 0.29) is 11.7 Å². The number of carbonyl (C=O) groups is 1. The number of thiazole rings is 1. The molecule has 6 heteroatoms. The topological polar surface area (TPSA) is 45.7 Å². The van der Waals surface area contributed by atoms with Crippen molar-refractivity contribution in [1.82, 2.24) is 9.88 Å². The summed E-state index contributed by atoms with van der Waals surface area (Å²) in [5, 5.41) is 0. The van der Waals surface area contributed by atoms with Gasteiger partial charge in [-0.3, -0.25) is 4.90 Å². The molecule has 3 aliphatic rings. The fourth-order valence-electron chi connectivity index (χ4n) is 3.56. The van der Waals surface area contributed by atoms with Crippen LogP contribution < -0.4 is 4.90 Å². The molecule has 2 aromatic rings. The van der Waals surface area contributed by atoms with Gasteiger partial charge in [0.1, 0.15) is 5.60 Å². The highest BCUT2D eigenvalue weighted by Gasteiger charge is 2.43. The van der Waals surface area contributed by atoms with Crippen LogP contribution in [-0.2, 0) is 4.74 Å². The normalized spacial score (nSPS) is 25.5. The smallest absolute Gasteiger partial charge is 0.415 e. The Bertz CT molecular complexity index is 709. The summed E-state index contributed by atoms with van der Waals surface area (Å²) in [6, 6.07) is 10.0. The van der Waals surface area contributed by atoms with E-state index in [1.807, 2.05) is 30.3 Å². The standard InChI is InChI=1S/C18H21N3O2S/c1-20(16-15(24-13-19-16)14-5-3-2-4-6-14)17(22)23-18-7-10-21(11-8-18)12-9-18/h2-6,13H,7-12H2,1H3. The van der Waals surface area contributed by atoms with Crippen LogP contribution in [0, 0.1) is 0 Å². The number of fused-ring (bicyclic) bond motifs is 3. The van der Waals surface area contributed by atoms with E-state index in [1.54, 1.807) is 17.5 Å². The van der Waals surface area contributed by atoms with Crippen LogP contribution in [0.1, 0.15) is 19.3 Å². The van der Waals surface area contributed by atoms with Crippen molar-refractivity contribution in [3.63, 3.8) is 0 Å². The molecule has 3 aliphatic heterocycles. The van der Waals surface area contributed by atoms with Gasteiger partial charge in [0.05, 0.1) is 10.4 Å². The summed E-state index contributed by atoms with van der Waals surface area (Å²) in [5.74, 6) is 0.667. The summed E-state index contributed by atoms with van der Waals surface area (Å²) >= 11 is 1.54. The molecule has 0 unspecified atom stereocenters. The largest absolute Gasteiger partial charge is 0.442 e. The monoisotopic (exact) mass is 343 g/mol. The minimum atomic E-state index is -0.298. The number of piperidine rings is 3. The van der Waals surface area contributed by atoms with Crippen LogP contribution in [0.2, 0.25) is 0 Å². The Hall–Kier alpha value is -1.92. The molecule has 4 heterocycles. The number of rotatable bonds is 3. The van der Waals surface area contributed by atoms with Crippen LogP contribution in [0.3, 0.4) is 0 Å². The molecular weight excluding hydrogens is 322 g/mol. The summed E-state index contributed by atoms with van der Waals surface area (Å²) in [6.45, 7) is 3.09. The highest BCUT2D eigenvalue weighted by atomic mass is 32.1. The average Bonchev–Trinajstić information content (AvgIpc) is 3.12. The average molecular weight is 343 g/mol. The van der Waals surface area contributed by atoms with E-state index < -0.39 is 0 Å². The van der Waals surface area contributed by atoms with Gasteiger partial charge in [-0.25, -0.2) is 9.78 Å². The van der Waals surface area contributed by atoms with Gasteiger partial charge in [0.15, 0.2) is 5.82 Å². The van der Waals surface area contributed by atoms with E-state index in [0.29, 0.717) is 5.82 Å². The summed E-state index contributed by atoms with van der Waals surface area (Å²) < 4.78 is 5.97. The minimum Gasteiger partial charge on any atom is -0.442 e. The van der Waals surface area contributed by atoms with Gasteiger partial charge in [0.2, 0.25) is 0 Å². The van der Waals surface area contributed by atoms with Crippen LogP contribution >= 0.6 is 11.3 Å². The van der Waals surface area contributed by atoms with Crippen LogP contribution in [0.5, 0.6) is 0 Å². The zero-order valence-electron chi connectivity index (χ0n) is 13.8. The van der Waals surface area contributed by atoms with Crippen molar-refractivity contribution in [1.29, 1.82) is 0 Å². The molecule has 0 N–H and O–H groups in total. The molecule has 0 radical (unpaired) electrons. The molecule has 1 aromatic carbocycles. The molecule has 126 valence electrons. The molecule has 3 saturated heterocycles. The molecule has 0 saturated carbocycles. The maximum Gasteiger partial charge on any atom is 0.415 e. The predicted molar refractivity (Wildman–Crippen MR) is 95.5 cm³/mol. The van der Waals surface area contributed by atoms with Crippen LogP contribution in [-0.4, -0.2) is 48.3 Å². The van der Waals surface area contributed by atoms with Crippen LogP contribution in [0.25, 0.3) is 10.4 Å². The number of nitrogens with zero attached hydrogens (tertiary/aromatic N) is 3. The molecular formula is C18H21N3O2S. The van der Waals surface area contributed by atoms with Gasteiger partial charge in [-0.15, -0.1) is 11.3 Å². The van der Waals surface area contributed by atoms with E-state index in [9.17, 15) is 4.79 Å². The Balaban J connectivity index is 1.53. The van der Waals surface area contributed by atoms with E-state index in [4.69, 9.17) is 4.74 Å². The lowest BCUT2D eigenvalue weighted by Gasteiger charge is -2.47. The first-order valence-corrected chi connectivity index (χ1v) is 9.23. The minimum absolute atomic E-state index is 0.275. The van der Waals surface area contributed by atoms with Gasteiger partial charge in [0.25, 0.3) is 0 Å². The fourth-order valence-corrected chi connectivity index (χ4v) is 4.38. The molecule has 0 spiro atoms. The van der Waals surface area contributed by atoms with Crippen molar-refractivity contribution in [2.75, 3.05) is 31.6 Å². The number of amides is 1. The van der Waals surface area contributed by atoms with Gasteiger partial charge >= 0.3 is 6.09 Å². The third kappa shape index (κ3) is 2.80. The van der Waals surface area contributed by atoms with Crippen molar-refractivity contribution >= 4 is 23.2 Å². The second-order valence-electron chi connectivity index (χ2n) is 6.57. The number of hydrogen-bond donors (Lipinski definition) is 0. The number of hydrogen-bond acceptors (Lipinski definition) is 5. The second-order valence-corrected chi connectivity index (χ2v) is 7.43. The van der Waals surface area contributed by atoms with Gasteiger partial charge in [-0.05, 0) is 5.56 Å². The summed E-state index contributed by atoms with van der Waals surface area (Å²) in [6.07, 6.45) is 2.52. The zero-order chi connectivity index (χ0) is 16.6. The lowest BCUT2D eigenvalue weighted by atomic mass is 9.83. The van der Waals surface area contributed by atoms with Crippen LogP contribution in [0.4, 0.5) is 10.6 Å². The quantitative estimate of drug-likeness (QED) is 0.854. The number of aromatic nitrogens is 1. The van der Waals surface area contributed by atoms with Crippen molar-refractivity contribution in [2.24, 2.45) is 0 Å². The Kier molecular flexibility index (Phi) is 4.02. The Morgan fingerprint density at radius 3 is 2.54 bits per heavy atom. The lowest BCUT2D eigenvalue weighted by Crippen LogP contribution is -2.55. The van der Waals surface area contributed by atoms with E-state index in [2.05, 4.69) is 9.88 Å². The summed E-state index contributed by atoms with van der Waals surface area (Å²) in [7, 11) is 1.75. The van der Waals surface area contributed by atoms with E-state index >= 15 is 0 Å². The first kappa shape index (κ1) is 15.6. The molecule has 3 fully saturated rings. The Morgan fingerprint density at radius 2 is 1.88 bits per heavy atom. The second kappa shape index (κ2) is 6.18. The summed E-state index contributed by atoms with van der Waals surface area (Å²) in [4.78, 5) is 22.1. The van der Waals surface area contributed by atoms with Crippen molar-refractivity contribution in [3.8, 4) is 10.4 Å². The molecule has 1 aromatic heterocycles. The highest BCUT2D eigenvalue weighted by molar-refractivity contribution is 7.13. The zero-order valence-corrected chi connectivity index (χ0v) is 14.6. The van der Waals surface area contributed by atoms with Crippen molar-refractivity contribution in [2.45, 2.75) is 24.9 Å². The number of benzene rings is 1. The van der Waals surface area contributed by atoms with Gasteiger partial charge in [-0.2, -0.15) is 0 Å². The third-order valence-corrected chi connectivity index (χ3v) is 6.00. The van der Waals surface area contributed by atoms with Crippen LogP contribution in [0.15, 0.2) is 35.8 Å².